The number of hydrogen-bond donors (Lipinski definition) is 1. The van der Waals surface area contributed by atoms with E-state index in [9.17, 15) is 0 Å². The number of nitrogens with zero attached hydrogens (tertiary/aromatic N) is 1. The zero-order chi connectivity index (χ0) is 11.0. The molecule has 84 valence electrons. The maximum atomic E-state index is 3.49. The highest BCUT2D eigenvalue weighted by Gasteiger charge is 2.18. The Labute approximate surface area is 96.3 Å². The van der Waals surface area contributed by atoms with Crippen molar-refractivity contribution < 1.29 is 0 Å². The molecule has 0 spiro atoms. The summed E-state index contributed by atoms with van der Waals surface area (Å²) in [7, 11) is 2.19. The quantitative estimate of drug-likeness (QED) is 0.772. The number of benzene rings is 1. The number of aromatic nitrogens is 1. The Hall–Kier alpha value is -1.28. The second kappa shape index (κ2) is 3.95. The van der Waals surface area contributed by atoms with Gasteiger partial charge in [-0.05, 0) is 36.9 Å². The second-order valence-corrected chi connectivity index (χ2v) is 4.73. The first-order valence-electron chi connectivity index (χ1n) is 6.11. The van der Waals surface area contributed by atoms with Gasteiger partial charge in [-0.1, -0.05) is 18.2 Å². The van der Waals surface area contributed by atoms with Crippen LogP contribution >= 0.6 is 0 Å². The Kier molecular flexibility index (Phi) is 2.44. The molecule has 1 saturated heterocycles. The zero-order valence-electron chi connectivity index (χ0n) is 9.74. The molecule has 1 aliphatic heterocycles. The van der Waals surface area contributed by atoms with E-state index in [1.54, 1.807) is 0 Å². The SMILES string of the molecule is Cn1c([C@@H]2CCCNC2)cc2ccccc21. The van der Waals surface area contributed by atoms with E-state index in [1.807, 2.05) is 0 Å². The van der Waals surface area contributed by atoms with Crippen molar-refractivity contribution in [3.05, 3.63) is 36.0 Å². The minimum Gasteiger partial charge on any atom is -0.347 e. The zero-order valence-corrected chi connectivity index (χ0v) is 9.74. The lowest BCUT2D eigenvalue weighted by atomic mass is 9.96. The number of para-hydroxylation sites is 1. The van der Waals surface area contributed by atoms with Crippen LogP contribution in [0.3, 0.4) is 0 Å². The summed E-state index contributed by atoms with van der Waals surface area (Å²) in [4.78, 5) is 0. The van der Waals surface area contributed by atoms with Gasteiger partial charge >= 0.3 is 0 Å². The largest absolute Gasteiger partial charge is 0.347 e. The van der Waals surface area contributed by atoms with Crippen molar-refractivity contribution in [1.82, 2.24) is 9.88 Å². The highest BCUT2D eigenvalue weighted by molar-refractivity contribution is 5.81. The lowest BCUT2D eigenvalue weighted by Crippen LogP contribution is -2.29. The molecule has 2 heteroatoms. The Balaban J connectivity index is 2.05. The van der Waals surface area contributed by atoms with Crippen LogP contribution < -0.4 is 5.32 Å². The number of piperidine rings is 1. The van der Waals surface area contributed by atoms with Crippen molar-refractivity contribution in [3.63, 3.8) is 0 Å². The van der Waals surface area contributed by atoms with Gasteiger partial charge < -0.3 is 9.88 Å². The molecule has 0 unspecified atom stereocenters. The van der Waals surface area contributed by atoms with Crippen molar-refractivity contribution in [1.29, 1.82) is 0 Å². The van der Waals surface area contributed by atoms with Gasteiger partial charge in [-0.3, -0.25) is 0 Å². The molecule has 1 atom stereocenters. The van der Waals surface area contributed by atoms with Crippen LogP contribution in [0.2, 0.25) is 0 Å². The normalized spacial score (nSPS) is 21.4. The average Bonchev–Trinajstić information content (AvgIpc) is 2.69. The molecule has 2 aromatic rings. The molecule has 1 aliphatic rings. The molecule has 2 heterocycles. The Morgan fingerprint density at radius 1 is 1.31 bits per heavy atom. The fourth-order valence-electron chi connectivity index (χ4n) is 2.81. The smallest absolute Gasteiger partial charge is 0.0479 e. The van der Waals surface area contributed by atoms with Gasteiger partial charge in [0.2, 0.25) is 0 Å². The summed E-state index contributed by atoms with van der Waals surface area (Å²) in [6.07, 6.45) is 2.61. The van der Waals surface area contributed by atoms with Crippen LogP contribution in [0.15, 0.2) is 30.3 Å². The molecular weight excluding hydrogens is 196 g/mol. The van der Waals surface area contributed by atoms with Gasteiger partial charge in [0.05, 0.1) is 0 Å². The third kappa shape index (κ3) is 1.54. The molecule has 3 rings (SSSR count). The molecule has 0 amide bonds. The molecule has 1 fully saturated rings. The maximum Gasteiger partial charge on any atom is 0.0479 e. The Morgan fingerprint density at radius 3 is 2.94 bits per heavy atom. The summed E-state index contributed by atoms with van der Waals surface area (Å²) in [5.74, 6) is 0.686. The predicted octanol–water partition coefficient (Wildman–Crippen LogP) is 2.65. The predicted molar refractivity (Wildman–Crippen MR) is 67.8 cm³/mol. The van der Waals surface area contributed by atoms with Gasteiger partial charge in [0.1, 0.15) is 0 Å². The molecule has 0 radical (unpaired) electrons. The van der Waals surface area contributed by atoms with Crippen LogP contribution in [0, 0.1) is 0 Å². The van der Waals surface area contributed by atoms with Crippen LogP contribution in [0.4, 0.5) is 0 Å². The van der Waals surface area contributed by atoms with Crippen LogP contribution in [0.5, 0.6) is 0 Å². The van der Waals surface area contributed by atoms with E-state index in [2.05, 4.69) is 47.3 Å². The summed E-state index contributed by atoms with van der Waals surface area (Å²) < 4.78 is 2.35. The number of hydrogen-bond acceptors (Lipinski definition) is 1. The molecule has 1 N–H and O–H groups in total. The van der Waals surface area contributed by atoms with Crippen LogP contribution in [0.25, 0.3) is 10.9 Å². The third-order valence-corrected chi connectivity index (χ3v) is 3.70. The maximum absolute atomic E-state index is 3.49. The monoisotopic (exact) mass is 214 g/mol. The first-order valence-corrected chi connectivity index (χ1v) is 6.11. The van der Waals surface area contributed by atoms with Crippen LogP contribution in [-0.4, -0.2) is 17.7 Å². The fraction of sp³-hybridized carbons (Fsp3) is 0.429. The van der Waals surface area contributed by atoms with Crippen molar-refractivity contribution in [2.45, 2.75) is 18.8 Å². The molecule has 0 saturated carbocycles. The Morgan fingerprint density at radius 2 is 2.19 bits per heavy atom. The molecule has 1 aromatic carbocycles. The molecule has 0 bridgehead atoms. The van der Waals surface area contributed by atoms with Crippen molar-refractivity contribution >= 4 is 10.9 Å². The first kappa shape index (κ1) is 9.91. The van der Waals surface area contributed by atoms with Crippen LogP contribution in [0.1, 0.15) is 24.5 Å². The fourth-order valence-corrected chi connectivity index (χ4v) is 2.81. The summed E-state index contributed by atoms with van der Waals surface area (Å²) in [5.41, 5.74) is 2.83. The van der Waals surface area contributed by atoms with Gasteiger partial charge in [-0.2, -0.15) is 0 Å². The van der Waals surface area contributed by atoms with E-state index >= 15 is 0 Å². The van der Waals surface area contributed by atoms with Crippen molar-refractivity contribution in [3.8, 4) is 0 Å². The van der Waals surface area contributed by atoms with E-state index in [0.29, 0.717) is 5.92 Å². The number of nitrogens with one attached hydrogen (secondary N) is 1. The first-order chi connectivity index (χ1) is 7.86. The number of aryl methyl sites for hydroxylation is 1. The third-order valence-electron chi connectivity index (χ3n) is 3.70. The lowest BCUT2D eigenvalue weighted by molar-refractivity contribution is 0.448. The van der Waals surface area contributed by atoms with E-state index in [4.69, 9.17) is 0 Å². The van der Waals surface area contributed by atoms with E-state index in [0.717, 1.165) is 6.54 Å². The minimum atomic E-state index is 0.686. The van der Waals surface area contributed by atoms with Gasteiger partial charge in [0.25, 0.3) is 0 Å². The van der Waals surface area contributed by atoms with Crippen molar-refractivity contribution in [2.75, 3.05) is 13.1 Å². The Bertz CT molecular complexity index is 492. The molecule has 2 nitrogen and oxygen atoms in total. The molecule has 16 heavy (non-hydrogen) atoms. The number of rotatable bonds is 1. The average molecular weight is 214 g/mol. The summed E-state index contributed by atoms with van der Waals surface area (Å²) >= 11 is 0. The molecule has 1 aromatic heterocycles. The van der Waals surface area contributed by atoms with E-state index in [1.165, 1.54) is 36.0 Å². The summed E-state index contributed by atoms with van der Waals surface area (Å²) in [6, 6.07) is 11.0. The standard InChI is InChI=1S/C14H18N2/c1-16-13-7-3-2-5-11(13)9-14(16)12-6-4-8-15-10-12/h2-3,5,7,9,12,15H,4,6,8,10H2,1H3/t12-/m1/s1. The number of fused-ring (bicyclic) bond motifs is 1. The van der Waals surface area contributed by atoms with Crippen LogP contribution in [-0.2, 0) is 7.05 Å². The van der Waals surface area contributed by atoms with Gasteiger partial charge in [0, 0.05) is 30.7 Å². The minimum absolute atomic E-state index is 0.686. The van der Waals surface area contributed by atoms with Crippen molar-refractivity contribution in [2.24, 2.45) is 7.05 Å². The lowest BCUT2D eigenvalue weighted by Gasteiger charge is -2.23. The molecular formula is C14H18N2. The summed E-state index contributed by atoms with van der Waals surface area (Å²) in [6.45, 7) is 2.31. The molecule has 0 aliphatic carbocycles. The second-order valence-electron chi connectivity index (χ2n) is 4.73. The van der Waals surface area contributed by atoms with Gasteiger partial charge in [-0.15, -0.1) is 0 Å². The van der Waals surface area contributed by atoms with Gasteiger partial charge in [-0.25, -0.2) is 0 Å². The van der Waals surface area contributed by atoms with Gasteiger partial charge in [0.15, 0.2) is 0 Å². The topological polar surface area (TPSA) is 17.0 Å². The highest BCUT2D eigenvalue weighted by atomic mass is 15.0. The van der Waals surface area contributed by atoms with E-state index in [-0.39, 0.29) is 0 Å². The highest BCUT2D eigenvalue weighted by Crippen LogP contribution is 2.28. The summed E-state index contributed by atoms with van der Waals surface area (Å²) in [5, 5.41) is 4.86. The van der Waals surface area contributed by atoms with E-state index < -0.39 is 0 Å².